The number of hydrogen-bond acceptors (Lipinski definition) is 2. The molecule has 8 aromatic rings. The van der Waals surface area contributed by atoms with Crippen molar-refractivity contribution in [1.29, 1.82) is 0 Å². The smallest absolute Gasteiger partial charge is 0.143 e. The van der Waals surface area contributed by atoms with Crippen LogP contribution in [-0.4, -0.2) is 11.2 Å². The van der Waals surface area contributed by atoms with Crippen molar-refractivity contribution in [2.24, 2.45) is 5.92 Å². The zero-order chi connectivity index (χ0) is 38.7. The van der Waals surface area contributed by atoms with E-state index < -0.39 is 6.10 Å². The second-order valence-corrected chi connectivity index (χ2v) is 17.5. The molecule has 4 unspecified atom stereocenters. The number of aliphatic hydroxyl groups excluding tert-OH is 1. The van der Waals surface area contributed by atoms with E-state index in [0.717, 1.165) is 36.0 Å². The zero-order valence-corrected chi connectivity index (χ0v) is 33.5. The normalized spacial score (nSPS) is 18.6. The Labute approximate surface area is 334 Å². The summed E-state index contributed by atoms with van der Waals surface area (Å²) >= 11 is 0. The highest BCUT2D eigenvalue weighted by atomic mass is 16.3. The molecule has 4 bridgehead atoms. The molecule has 4 atom stereocenters. The van der Waals surface area contributed by atoms with Crippen molar-refractivity contribution in [2.75, 3.05) is 0 Å². The molecule has 1 aromatic heterocycles. The molecule has 280 valence electrons. The van der Waals surface area contributed by atoms with E-state index in [9.17, 15) is 5.11 Å². The molecule has 0 fully saturated rings. The molecule has 2 heteroatoms. The number of furan rings is 1. The summed E-state index contributed by atoms with van der Waals surface area (Å²) < 4.78 is 7.07. The number of allylic oxidation sites excluding steroid dienone is 1. The van der Waals surface area contributed by atoms with Gasteiger partial charge in [-0.05, 0) is 121 Å². The fourth-order valence-corrected chi connectivity index (χ4v) is 11.0. The van der Waals surface area contributed by atoms with Gasteiger partial charge in [0.05, 0.1) is 6.10 Å². The van der Waals surface area contributed by atoms with Crippen LogP contribution in [0.2, 0.25) is 0 Å². The fourth-order valence-electron chi connectivity index (χ4n) is 11.0. The highest BCUT2D eigenvalue weighted by Gasteiger charge is 2.37. The Balaban J connectivity index is 1.29. The van der Waals surface area contributed by atoms with Crippen LogP contribution in [0.4, 0.5) is 0 Å². The van der Waals surface area contributed by atoms with Crippen LogP contribution < -0.4 is 10.4 Å². The third kappa shape index (κ3) is 4.99. The fraction of sp³-hybridized carbons (Fsp3) is 0.236. The van der Waals surface area contributed by atoms with Crippen LogP contribution in [0.3, 0.4) is 0 Å². The minimum absolute atomic E-state index is 0.136. The van der Waals surface area contributed by atoms with Crippen molar-refractivity contribution in [1.82, 2.24) is 0 Å². The molecule has 0 radical (unpaired) electrons. The molecule has 2 aliphatic carbocycles. The lowest BCUT2D eigenvalue weighted by Gasteiger charge is -2.38. The molecule has 1 aliphatic heterocycles. The molecule has 57 heavy (non-hydrogen) atoms. The summed E-state index contributed by atoms with van der Waals surface area (Å²) in [5, 5.41) is 21.2. The Morgan fingerprint density at radius 3 is 2.07 bits per heavy atom. The summed E-state index contributed by atoms with van der Waals surface area (Å²) in [6, 6.07) is 41.1. The average Bonchev–Trinajstić information content (AvgIpc) is 3.62. The number of hydrogen-bond donors (Lipinski definition) is 1. The summed E-state index contributed by atoms with van der Waals surface area (Å²) in [6.45, 7) is 11.4. The lowest BCUT2D eigenvalue weighted by atomic mass is 9.65. The number of aryl methyl sites for hydroxylation is 2. The van der Waals surface area contributed by atoms with Crippen molar-refractivity contribution >= 4 is 55.6 Å². The van der Waals surface area contributed by atoms with Crippen molar-refractivity contribution in [3.8, 4) is 22.3 Å². The van der Waals surface area contributed by atoms with Gasteiger partial charge in [0.15, 0.2) is 0 Å². The van der Waals surface area contributed by atoms with Crippen LogP contribution in [0.5, 0.6) is 0 Å². The number of fused-ring (bicyclic) bond motifs is 9. The van der Waals surface area contributed by atoms with E-state index in [0.29, 0.717) is 5.92 Å². The van der Waals surface area contributed by atoms with E-state index in [1.807, 2.05) is 13.0 Å². The topological polar surface area (TPSA) is 33.4 Å². The Kier molecular flexibility index (Phi) is 7.67. The lowest BCUT2D eigenvalue weighted by Crippen LogP contribution is -2.37. The van der Waals surface area contributed by atoms with Gasteiger partial charge in [-0.15, -0.1) is 0 Å². The van der Waals surface area contributed by atoms with E-state index in [4.69, 9.17) is 4.42 Å². The van der Waals surface area contributed by atoms with Crippen LogP contribution in [0.15, 0.2) is 126 Å². The maximum Gasteiger partial charge on any atom is 0.143 e. The van der Waals surface area contributed by atoms with Crippen LogP contribution in [0.25, 0.3) is 77.9 Å². The highest BCUT2D eigenvalue weighted by molar-refractivity contribution is 6.18. The Bertz CT molecular complexity index is 3150. The molecule has 3 aliphatic rings. The van der Waals surface area contributed by atoms with Crippen molar-refractivity contribution in [3.05, 3.63) is 165 Å². The number of para-hydroxylation sites is 2. The molecule has 0 spiro atoms. The molecular weight excluding hydrogens is 693 g/mol. The maximum atomic E-state index is 10.7. The molecule has 7 aromatic carbocycles. The first-order chi connectivity index (χ1) is 27.7. The molecule has 2 nitrogen and oxygen atoms in total. The number of aliphatic hydroxyl groups is 1. The molecule has 2 heterocycles. The van der Waals surface area contributed by atoms with Gasteiger partial charge in [-0.1, -0.05) is 155 Å². The first-order valence-electron chi connectivity index (χ1n) is 21.0. The largest absolute Gasteiger partial charge is 0.455 e. The van der Waals surface area contributed by atoms with Gasteiger partial charge < -0.3 is 9.52 Å². The van der Waals surface area contributed by atoms with Crippen LogP contribution in [0.1, 0.15) is 86.3 Å². The first-order valence-corrected chi connectivity index (χ1v) is 21.0. The predicted octanol–water partition coefficient (Wildman–Crippen LogP) is 12.4. The molecular formula is C55H48O2. The van der Waals surface area contributed by atoms with Gasteiger partial charge in [0.2, 0.25) is 0 Å². The summed E-state index contributed by atoms with van der Waals surface area (Å²) in [5.74, 6) is 0.703. The number of rotatable bonds is 5. The highest BCUT2D eigenvalue weighted by Crippen LogP contribution is 2.52. The minimum Gasteiger partial charge on any atom is -0.455 e. The molecule has 0 saturated heterocycles. The zero-order valence-electron chi connectivity index (χ0n) is 33.5. The maximum absolute atomic E-state index is 10.7. The van der Waals surface area contributed by atoms with E-state index in [2.05, 4.69) is 155 Å². The standard InChI is InChI=1S/C55H48O2/c1-31(2)47-30-50(55(5,27-26-32(3)56)36-21-20-34-12-6-7-13-35(34)28-36)46-25-24-40-48-29-49(41-23-22-39(47)52(46)51(40)41)45-19-11-18-44-43-17-10-16-42(53(43)57-54(44)45)38-15-9-8-14-37(38)33(48)4/h6-20,24-33,36,56H,21-23H2,1-5H3/b27-26-. The van der Waals surface area contributed by atoms with Gasteiger partial charge in [0.1, 0.15) is 11.2 Å². The second kappa shape index (κ2) is 12.7. The van der Waals surface area contributed by atoms with E-state index in [-0.39, 0.29) is 17.3 Å². The Hall–Kier alpha value is -5.70. The van der Waals surface area contributed by atoms with Crippen LogP contribution in [0, 0.1) is 5.92 Å². The number of benzene rings is 7. The van der Waals surface area contributed by atoms with Gasteiger partial charge in [-0.2, -0.15) is 0 Å². The van der Waals surface area contributed by atoms with Gasteiger partial charge in [0.25, 0.3) is 0 Å². The molecule has 0 amide bonds. The molecule has 0 saturated carbocycles. The Morgan fingerprint density at radius 2 is 1.32 bits per heavy atom. The summed E-state index contributed by atoms with van der Waals surface area (Å²) in [4.78, 5) is 0. The molecule has 11 rings (SSSR count). The minimum atomic E-state index is -0.542. The Morgan fingerprint density at radius 1 is 0.667 bits per heavy atom. The van der Waals surface area contributed by atoms with Crippen molar-refractivity contribution in [3.63, 3.8) is 0 Å². The molecule has 1 N–H and O–H groups in total. The van der Waals surface area contributed by atoms with Crippen molar-refractivity contribution in [2.45, 2.75) is 77.2 Å². The first kappa shape index (κ1) is 34.5. The van der Waals surface area contributed by atoms with Crippen molar-refractivity contribution < 1.29 is 9.52 Å². The second-order valence-electron chi connectivity index (χ2n) is 17.5. The SMILES string of the molecule is CC(O)/C=C\C(C)(c1cc(C(C)C)c2c3c1ccc1c4cc(c(c13)CC2)-c1cccc2c1oc1c(cccc12)-c1ccccc1C4C)C1C=c2ccccc2=CC1. The predicted molar refractivity (Wildman–Crippen MR) is 240 cm³/mol. The third-order valence-electron chi connectivity index (χ3n) is 14.0. The van der Waals surface area contributed by atoms with E-state index in [1.165, 1.54) is 92.8 Å². The lowest BCUT2D eigenvalue weighted by molar-refractivity contribution is 0.242. The van der Waals surface area contributed by atoms with Gasteiger partial charge >= 0.3 is 0 Å². The summed E-state index contributed by atoms with van der Waals surface area (Å²) in [5.41, 5.74) is 14.8. The van der Waals surface area contributed by atoms with Gasteiger partial charge in [0, 0.05) is 33.2 Å². The average molecular weight is 741 g/mol. The summed E-state index contributed by atoms with van der Waals surface area (Å²) in [6.07, 6.45) is 11.6. The van der Waals surface area contributed by atoms with Gasteiger partial charge in [-0.3, -0.25) is 0 Å². The van der Waals surface area contributed by atoms with Crippen LogP contribution in [-0.2, 0) is 18.3 Å². The van der Waals surface area contributed by atoms with Crippen LogP contribution >= 0.6 is 0 Å². The quantitative estimate of drug-likeness (QED) is 0.141. The summed E-state index contributed by atoms with van der Waals surface area (Å²) in [7, 11) is 0. The van der Waals surface area contributed by atoms with E-state index >= 15 is 0 Å². The van der Waals surface area contributed by atoms with E-state index in [1.54, 1.807) is 0 Å². The third-order valence-corrected chi connectivity index (χ3v) is 14.0. The van der Waals surface area contributed by atoms with Gasteiger partial charge in [-0.25, -0.2) is 0 Å². The monoisotopic (exact) mass is 740 g/mol.